The monoisotopic (exact) mass is 258 g/mol. The molecule has 0 aromatic rings. The molecule has 5 heteroatoms. The highest BCUT2D eigenvalue weighted by molar-refractivity contribution is 4.84. The summed E-state index contributed by atoms with van der Waals surface area (Å²) in [5.74, 6) is 0. The predicted octanol–water partition coefficient (Wildman–Crippen LogP) is -0.736. The van der Waals surface area contributed by atoms with Crippen molar-refractivity contribution in [3.8, 4) is 0 Å². The second-order valence-electron chi connectivity index (χ2n) is 5.50. The van der Waals surface area contributed by atoms with E-state index in [0.29, 0.717) is 0 Å². The molecule has 2 atom stereocenters. The van der Waals surface area contributed by atoms with Crippen LogP contribution in [0.4, 0.5) is 0 Å². The average molecular weight is 258 g/mol. The minimum Gasteiger partial charge on any atom is -0.395 e. The van der Waals surface area contributed by atoms with Crippen LogP contribution in [0, 0.1) is 0 Å². The van der Waals surface area contributed by atoms with Gasteiger partial charge in [-0.1, -0.05) is 6.92 Å². The number of likely N-dealkylation sites (N-methyl/N-ethyl adjacent to an activating group) is 1. The molecule has 5 nitrogen and oxygen atoms in total. The largest absolute Gasteiger partial charge is 0.395 e. The maximum absolute atomic E-state index is 9.48. The van der Waals surface area contributed by atoms with Crippen LogP contribution in [0.2, 0.25) is 0 Å². The van der Waals surface area contributed by atoms with E-state index in [2.05, 4.69) is 35.7 Å². The number of nitrogens with two attached hydrogens (primary N) is 1. The molecule has 18 heavy (non-hydrogen) atoms. The van der Waals surface area contributed by atoms with Crippen molar-refractivity contribution in [1.82, 2.24) is 14.7 Å². The highest BCUT2D eigenvalue weighted by Crippen LogP contribution is 2.10. The molecule has 1 aliphatic heterocycles. The fraction of sp³-hybridized carbons (Fsp3) is 1.00. The van der Waals surface area contributed by atoms with E-state index in [1.807, 2.05) is 0 Å². The Morgan fingerprint density at radius 3 is 2.28 bits per heavy atom. The molecule has 0 amide bonds. The molecule has 1 saturated heterocycles. The lowest BCUT2D eigenvalue weighted by molar-refractivity contribution is 0.0509. The SMILES string of the molecule is CCC(N)C(CO)N1CCN(CCN(C)C)CC1. The number of nitrogens with zero attached hydrogens (tertiary/aromatic N) is 3. The van der Waals surface area contributed by atoms with Crippen molar-refractivity contribution >= 4 is 0 Å². The van der Waals surface area contributed by atoms with Gasteiger partial charge in [-0.05, 0) is 20.5 Å². The summed E-state index contributed by atoms with van der Waals surface area (Å²) < 4.78 is 0. The van der Waals surface area contributed by atoms with Gasteiger partial charge in [-0.3, -0.25) is 9.80 Å². The third-order valence-electron chi connectivity index (χ3n) is 3.89. The van der Waals surface area contributed by atoms with Crippen molar-refractivity contribution < 1.29 is 5.11 Å². The van der Waals surface area contributed by atoms with Crippen molar-refractivity contribution in [2.75, 3.05) is 60.0 Å². The Hall–Kier alpha value is -0.200. The van der Waals surface area contributed by atoms with Gasteiger partial charge in [-0.15, -0.1) is 0 Å². The van der Waals surface area contributed by atoms with E-state index in [1.54, 1.807) is 0 Å². The molecule has 0 bridgehead atoms. The molecule has 0 aromatic carbocycles. The van der Waals surface area contributed by atoms with E-state index in [4.69, 9.17) is 5.73 Å². The summed E-state index contributed by atoms with van der Waals surface area (Å²) in [7, 11) is 4.22. The zero-order chi connectivity index (χ0) is 13.5. The molecule has 0 spiro atoms. The second kappa shape index (κ2) is 8.07. The predicted molar refractivity (Wildman–Crippen MR) is 75.7 cm³/mol. The third-order valence-corrected chi connectivity index (χ3v) is 3.89. The first-order chi connectivity index (χ1) is 8.58. The topological polar surface area (TPSA) is 56.0 Å². The van der Waals surface area contributed by atoms with Crippen LogP contribution in [0.25, 0.3) is 0 Å². The van der Waals surface area contributed by atoms with Gasteiger partial charge >= 0.3 is 0 Å². The van der Waals surface area contributed by atoms with E-state index in [9.17, 15) is 5.11 Å². The number of rotatable bonds is 7. The van der Waals surface area contributed by atoms with Crippen molar-refractivity contribution in [1.29, 1.82) is 0 Å². The van der Waals surface area contributed by atoms with Gasteiger partial charge in [0.1, 0.15) is 0 Å². The molecule has 1 rings (SSSR count). The van der Waals surface area contributed by atoms with Crippen molar-refractivity contribution in [2.45, 2.75) is 25.4 Å². The van der Waals surface area contributed by atoms with E-state index in [-0.39, 0.29) is 18.7 Å². The van der Waals surface area contributed by atoms with Crippen molar-refractivity contribution in [3.63, 3.8) is 0 Å². The number of aliphatic hydroxyl groups excluding tert-OH is 1. The Balaban J connectivity index is 2.33. The number of aliphatic hydroxyl groups is 1. The van der Waals surface area contributed by atoms with Crippen LogP contribution in [0.15, 0.2) is 0 Å². The fourth-order valence-electron chi connectivity index (χ4n) is 2.45. The maximum Gasteiger partial charge on any atom is 0.0601 e. The lowest BCUT2D eigenvalue weighted by Gasteiger charge is -2.40. The van der Waals surface area contributed by atoms with Gasteiger partial charge < -0.3 is 15.7 Å². The summed E-state index contributed by atoms with van der Waals surface area (Å²) in [6.07, 6.45) is 0.923. The molecule has 108 valence electrons. The quantitative estimate of drug-likeness (QED) is 0.630. The first-order valence-corrected chi connectivity index (χ1v) is 7.06. The Morgan fingerprint density at radius 1 is 1.22 bits per heavy atom. The molecule has 1 heterocycles. The van der Waals surface area contributed by atoms with Gasteiger partial charge in [0.25, 0.3) is 0 Å². The lowest BCUT2D eigenvalue weighted by Crippen LogP contribution is -2.57. The second-order valence-corrected chi connectivity index (χ2v) is 5.50. The van der Waals surface area contributed by atoms with Gasteiger partial charge in [-0.25, -0.2) is 0 Å². The minimum atomic E-state index is 0.0864. The van der Waals surface area contributed by atoms with Gasteiger partial charge in [-0.2, -0.15) is 0 Å². The average Bonchev–Trinajstić information content (AvgIpc) is 2.38. The summed E-state index contributed by atoms with van der Waals surface area (Å²) in [4.78, 5) is 7.05. The first-order valence-electron chi connectivity index (χ1n) is 7.06. The molecule has 2 unspecified atom stereocenters. The molecule has 1 fully saturated rings. The highest BCUT2D eigenvalue weighted by atomic mass is 16.3. The highest BCUT2D eigenvalue weighted by Gasteiger charge is 2.26. The Bertz CT molecular complexity index is 217. The van der Waals surface area contributed by atoms with E-state index >= 15 is 0 Å². The summed E-state index contributed by atoms with van der Waals surface area (Å²) in [6, 6.07) is 0.217. The lowest BCUT2D eigenvalue weighted by atomic mass is 10.0. The first kappa shape index (κ1) is 15.9. The molecule has 0 aromatic heterocycles. The summed E-state index contributed by atoms with van der Waals surface area (Å²) in [6.45, 7) is 8.70. The van der Waals surface area contributed by atoms with E-state index in [0.717, 1.165) is 45.7 Å². The number of piperazine rings is 1. The van der Waals surface area contributed by atoms with Gasteiger partial charge in [0.05, 0.1) is 6.61 Å². The van der Waals surface area contributed by atoms with E-state index in [1.165, 1.54) is 0 Å². The molecule has 0 saturated carbocycles. The molecule has 0 aliphatic carbocycles. The van der Waals surface area contributed by atoms with Gasteiger partial charge in [0, 0.05) is 51.4 Å². The third kappa shape index (κ3) is 4.82. The van der Waals surface area contributed by atoms with E-state index < -0.39 is 0 Å². The Morgan fingerprint density at radius 2 is 1.83 bits per heavy atom. The molecular formula is C13H30N4O. The van der Waals surface area contributed by atoms with Crippen LogP contribution in [0.1, 0.15) is 13.3 Å². The fourth-order valence-corrected chi connectivity index (χ4v) is 2.45. The van der Waals surface area contributed by atoms with Crippen LogP contribution in [-0.4, -0.2) is 91.9 Å². The normalized spacial score (nSPS) is 22.3. The molecule has 1 aliphatic rings. The number of hydrogen-bond acceptors (Lipinski definition) is 5. The van der Waals surface area contributed by atoms with Gasteiger partial charge in [0.15, 0.2) is 0 Å². The molecular weight excluding hydrogens is 228 g/mol. The smallest absolute Gasteiger partial charge is 0.0601 e. The zero-order valence-electron chi connectivity index (χ0n) is 12.2. The van der Waals surface area contributed by atoms with Crippen LogP contribution in [0.5, 0.6) is 0 Å². The van der Waals surface area contributed by atoms with Crippen LogP contribution in [0.3, 0.4) is 0 Å². The summed E-state index contributed by atoms with van der Waals surface area (Å²) in [5, 5.41) is 9.48. The van der Waals surface area contributed by atoms with Crippen molar-refractivity contribution in [3.05, 3.63) is 0 Å². The van der Waals surface area contributed by atoms with Crippen molar-refractivity contribution in [2.24, 2.45) is 5.73 Å². The van der Waals surface area contributed by atoms with Gasteiger partial charge in [0.2, 0.25) is 0 Å². The standard InChI is InChI=1S/C13H30N4O/c1-4-12(14)13(11-18)17-9-7-16(8-10-17)6-5-15(2)3/h12-13,18H,4-11,14H2,1-3H3. The Kier molecular flexibility index (Phi) is 7.11. The zero-order valence-corrected chi connectivity index (χ0v) is 12.2. The Labute approximate surface area is 112 Å². The minimum absolute atomic E-state index is 0.0864. The van der Waals surface area contributed by atoms with Crippen LogP contribution in [-0.2, 0) is 0 Å². The number of hydrogen-bond donors (Lipinski definition) is 2. The van der Waals surface area contributed by atoms with Crippen LogP contribution >= 0.6 is 0 Å². The van der Waals surface area contributed by atoms with Crippen LogP contribution < -0.4 is 5.73 Å². The maximum atomic E-state index is 9.48. The summed E-state index contributed by atoms with van der Waals surface area (Å²) >= 11 is 0. The summed E-state index contributed by atoms with van der Waals surface area (Å²) in [5.41, 5.74) is 6.07. The molecule has 3 N–H and O–H groups in total. The molecule has 0 radical (unpaired) electrons.